The molecule has 18 heavy (non-hydrogen) atoms. The lowest BCUT2D eigenvalue weighted by Gasteiger charge is -2.19. The fourth-order valence-corrected chi connectivity index (χ4v) is 1.33. The molecule has 1 aromatic rings. The summed E-state index contributed by atoms with van der Waals surface area (Å²) in [6.07, 6.45) is 0.782. The number of nitrogens with one attached hydrogen (secondary N) is 1. The van der Waals surface area contributed by atoms with E-state index in [1.807, 2.05) is 34.7 Å². The van der Waals surface area contributed by atoms with Gasteiger partial charge in [-0.1, -0.05) is 6.92 Å². The molecular weight excluding hydrogens is 230 g/mol. The molecule has 0 radical (unpaired) electrons. The lowest BCUT2D eigenvalue weighted by atomic mass is 10.2. The van der Waals surface area contributed by atoms with Crippen molar-refractivity contribution in [1.29, 1.82) is 0 Å². The van der Waals surface area contributed by atoms with E-state index in [1.165, 1.54) is 0 Å². The van der Waals surface area contributed by atoms with Crippen LogP contribution >= 0.6 is 0 Å². The second kappa shape index (κ2) is 6.54. The summed E-state index contributed by atoms with van der Waals surface area (Å²) in [4.78, 5) is 8.61. The Morgan fingerprint density at radius 3 is 2.50 bits per heavy atom. The first kappa shape index (κ1) is 14.7. The van der Waals surface area contributed by atoms with Crippen molar-refractivity contribution in [3.05, 3.63) is 11.9 Å². The van der Waals surface area contributed by atoms with Crippen LogP contribution in [0.1, 0.15) is 33.5 Å². The summed E-state index contributed by atoms with van der Waals surface area (Å²) in [5.41, 5.74) is -0.139. The third kappa shape index (κ3) is 5.31. The Kier molecular flexibility index (Phi) is 5.34. The zero-order valence-corrected chi connectivity index (χ0v) is 11.9. The molecule has 0 spiro atoms. The number of nitrogens with zero attached hydrogens (tertiary/aromatic N) is 2. The minimum atomic E-state index is -0.139. The molecule has 1 heterocycles. The molecule has 0 aliphatic heterocycles. The molecule has 0 aliphatic rings. The summed E-state index contributed by atoms with van der Waals surface area (Å²) < 4.78 is 11.2. The Labute approximate surface area is 109 Å². The minimum Gasteiger partial charge on any atom is -0.475 e. The van der Waals surface area contributed by atoms with Crippen molar-refractivity contribution in [1.82, 2.24) is 9.97 Å². The zero-order valence-electron chi connectivity index (χ0n) is 11.9. The summed E-state index contributed by atoms with van der Waals surface area (Å²) in [5.74, 6) is 2.13. The van der Waals surface area contributed by atoms with Crippen molar-refractivity contribution in [2.45, 2.75) is 39.7 Å². The predicted molar refractivity (Wildman–Crippen MR) is 72.2 cm³/mol. The molecule has 0 aromatic carbocycles. The summed E-state index contributed by atoms with van der Waals surface area (Å²) in [6, 6.07) is 1.79. The third-order valence-electron chi connectivity index (χ3n) is 2.19. The Morgan fingerprint density at radius 2 is 1.94 bits per heavy atom. The highest BCUT2D eigenvalue weighted by molar-refractivity contribution is 5.37. The van der Waals surface area contributed by atoms with Crippen LogP contribution in [0, 0.1) is 0 Å². The van der Waals surface area contributed by atoms with Gasteiger partial charge in [0.15, 0.2) is 0 Å². The first-order valence-electron chi connectivity index (χ1n) is 6.27. The van der Waals surface area contributed by atoms with Gasteiger partial charge in [0, 0.05) is 19.5 Å². The highest BCUT2D eigenvalue weighted by Gasteiger charge is 2.10. The highest BCUT2D eigenvalue weighted by atomic mass is 16.5. The fraction of sp³-hybridized carbons (Fsp3) is 0.692. The summed E-state index contributed by atoms with van der Waals surface area (Å²) in [6.45, 7) is 9.11. The fourth-order valence-electron chi connectivity index (χ4n) is 1.33. The maximum atomic E-state index is 5.58. The predicted octanol–water partition coefficient (Wildman–Crippen LogP) is 2.27. The normalized spacial score (nSPS) is 11.4. The molecule has 0 atom stereocenters. The second-order valence-corrected chi connectivity index (χ2v) is 4.92. The Balaban J connectivity index is 2.51. The van der Waals surface area contributed by atoms with Crippen molar-refractivity contribution in [3.8, 4) is 5.88 Å². The van der Waals surface area contributed by atoms with Crippen LogP contribution in [0.4, 0.5) is 5.82 Å². The first-order valence-corrected chi connectivity index (χ1v) is 6.27. The van der Waals surface area contributed by atoms with Gasteiger partial charge in [-0.15, -0.1) is 0 Å². The molecule has 1 rings (SSSR count). The molecular formula is C13H23N3O2. The van der Waals surface area contributed by atoms with Crippen molar-refractivity contribution in [3.63, 3.8) is 0 Å². The Hall–Kier alpha value is -1.36. The van der Waals surface area contributed by atoms with E-state index in [0.29, 0.717) is 19.1 Å². The number of hydrogen-bond acceptors (Lipinski definition) is 5. The van der Waals surface area contributed by atoms with Gasteiger partial charge in [-0.05, 0) is 20.8 Å². The molecule has 0 bridgehead atoms. The van der Waals surface area contributed by atoms with E-state index in [2.05, 4.69) is 15.3 Å². The quantitative estimate of drug-likeness (QED) is 0.788. The van der Waals surface area contributed by atoms with Crippen LogP contribution in [0.25, 0.3) is 0 Å². The standard InChI is InChI=1S/C13H23N3O2/c1-6-10-15-11(14-5)9-12(16-10)17-7-8-18-13(2,3)4/h9H,6-8H2,1-5H3,(H,14,15,16). The van der Waals surface area contributed by atoms with Crippen LogP contribution in [0.3, 0.4) is 0 Å². The number of aryl methyl sites for hydroxylation is 1. The Bertz CT molecular complexity index is 353. The number of rotatable bonds is 6. The van der Waals surface area contributed by atoms with Crippen LogP contribution in [0.15, 0.2) is 6.07 Å². The summed E-state index contributed by atoms with van der Waals surface area (Å²) >= 11 is 0. The van der Waals surface area contributed by atoms with Gasteiger partial charge in [-0.25, -0.2) is 4.98 Å². The molecule has 0 fully saturated rings. The van der Waals surface area contributed by atoms with Crippen LogP contribution < -0.4 is 10.1 Å². The molecule has 0 saturated carbocycles. The van der Waals surface area contributed by atoms with Gasteiger partial charge in [-0.2, -0.15) is 4.98 Å². The number of ether oxygens (including phenoxy) is 2. The number of anilines is 1. The molecule has 0 unspecified atom stereocenters. The summed E-state index contributed by atoms with van der Waals surface area (Å²) in [7, 11) is 1.83. The molecule has 102 valence electrons. The van der Waals surface area contributed by atoms with Crippen LogP contribution in [0.2, 0.25) is 0 Å². The van der Waals surface area contributed by atoms with E-state index in [0.717, 1.165) is 18.1 Å². The summed E-state index contributed by atoms with van der Waals surface area (Å²) in [5, 5.41) is 2.99. The van der Waals surface area contributed by atoms with E-state index in [-0.39, 0.29) is 5.60 Å². The topological polar surface area (TPSA) is 56.3 Å². The average Bonchev–Trinajstić information content (AvgIpc) is 2.33. The van der Waals surface area contributed by atoms with E-state index in [9.17, 15) is 0 Å². The van der Waals surface area contributed by atoms with Crippen molar-refractivity contribution >= 4 is 5.82 Å². The lowest BCUT2D eigenvalue weighted by Crippen LogP contribution is -2.22. The molecule has 0 saturated heterocycles. The van der Waals surface area contributed by atoms with Gasteiger partial charge in [0.2, 0.25) is 5.88 Å². The molecule has 5 heteroatoms. The molecule has 0 amide bonds. The first-order chi connectivity index (χ1) is 8.44. The van der Waals surface area contributed by atoms with Crippen molar-refractivity contribution in [2.75, 3.05) is 25.6 Å². The van der Waals surface area contributed by atoms with Crippen LogP contribution in [-0.2, 0) is 11.2 Å². The van der Waals surface area contributed by atoms with Gasteiger partial charge >= 0.3 is 0 Å². The number of hydrogen-bond donors (Lipinski definition) is 1. The molecule has 1 aromatic heterocycles. The SMILES string of the molecule is CCc1nc(NC)cc(OCCOC(C)(C)C)n1. The Morgan fingerprint density at radius 1 is 1.22 bits per heavy atom. The van der Waals surface area contributed by atoms with E-state index < -0.39 is 0 Å². The zero-order chi connectivity index (χ0) is 13.6. The molecule has 1 N–H and O–H groups in total. The lowest BCUT2D eigenvalue weighted by molar-refractivity contribution is -0.0168. The molecule has 0 aliphatic carbocycles. The van der Waals surface area contributed by atoms with Gasteiger partial charge in [0.05, 0.1) is 12.2 Å². The van der Waals surface area contributed by atoms with Crippen molar-refractivity contribution < 1.29 is 9.47 Å². The maximum absolute atomic E-state index is 5.58. The van der Waals surface area contributed by atoms with Crippen LogP contribution in [0.5, 0.6) is 5.88 Å². The monoisotopic (exact) mass is 253 g/mol. The van der Waals surface area contributed by atoms with Gasteiger partial charge in [0.25, 0.3) is 0 Å². The van der Waals surface area contributed by atoms with Gasteiger partial charge in [-0.3, -0.25) is 0 Å². The largest absolute Gasteiger partial charge is 0.475 e. The minimum absolute atomic E-state index is 0.139. The third-order valence-corrected chi connectivity index (χ3v) is 2.19. The van der Waals surface area contributed by atoms with Gasteiger partial charge < -0.3 is 14.8 Å². The average molecular weight is 253 g/mol. The maximum Gasteiger partial charge on any atom is 0.218 e. The highest BCUT2D eigenvalue weighted by Crippen LogP contribution is 2.13. The molecule has 5 nitrogen and oxygen atoms in total. The number of aromatic nitrogens is 2. The van der Waals surface area contributed by atoms with Gasteiger partial charge in [0.1, 0.15) is 18.2 Å². The van der Waals surface area contributed by atoms with Crippen LogP contribution in [-0.4, -0.2) is 35.8 Å². The van der Waals surface area contributed by atoms with E-state index in [4.69, 9.17) is 9.47 Å². The van der Waals surface area contributed by atoms with E-state index >= 15 is 0 Å². The van der Waals surface area contributed by atoms with Crippen molar-refractivity contribution in [2.24, 2.45) is 0 Å². The second-order valence-electron chi connectivity index (χ2n) is 4.92. The smallest absolute Gasteiger partial charge is 0.218 e. The van der Waals surface area contributed by atoms with E-state index in [1.54, 1.807) is 6.07 Å².